The number of anilines is 1. The number of aromatic nitrogens is 2. The molecule has 0 saturated carbocycles. The van der Waals surface area contributed by atoms with E-state index in [1.54, 1.807) is 42.6 Å². The van der Waals surface area contributed by atoms with E-state index in [9.17, 15) is 26.3 Å². The molecule has 4 aromatic rings. The van der Waals surface area contributed by atoms with E-state index in [1.807, 2.05) is 0 Å². The smallest absolute Gasteiger partial charge is 0.384 e. The number of nitrogens with zero attached hydrogens (tertiary/aromatic N) is 2. The lowest BCUT2D eigenvalue weighted by molar-refractivity contribution is -0.138. The minimum Gasteiger partial charge on any atom is -0.384 e. The topological polar surface area (TPSA) is 51.8 Å². The molecular weight excluding hydrogens is 444 g/mol. The standard InChI is InChI=1S/C24H15F6N3/c25-23(26,27)18-7-4-14(5-8-18)20-11-19(24(28,29)30)12-21(33-20)16-3-1-2-15(10-16)17-6-9-22(31)32-13-17/h1-13H,(H2,31,32). The molecule has 0 aliphatic carbocycles. The number of hydrogen-bond acceptors (Lipinski definition) is 3. The van der Waals surface area contributed by atoms with Gasteiger partial charge in [-0.25, -0.2) is 9.97 Å². The van der Waals surface area contributed by atoms with Gasteiger partial charge in [-0.1, -0.05) is 30.3 Å². The minimum atomic E-state index is -4.67. The molecule has 3 nitrogen and oxygen atoms in total. The number of hydrogen-bond donors (Lipinski definition) is 1. The summed E-state index contributed by atoms with van der Waals surface area (Å²) in [4.78, 5) is 8.33. The Morgan fingerprint density at radius 1 is 0.576 bits per heavy atom. The van der Waals surface area contributed by atoms with Crippen LogP contribution in [0.5, 0.6) is 0 Å². The second-order valence-electron chi connectivity index (χ2n) is 7.25. The Balaban J connectivity index is 1.81. The van der Waals surface area contributed by atoms with Gasteiger partial charge in [0.05, 0.1) is 22.5 Å². The Labute approximate surface area is 184 Å². The van der Waals surface area contributed by atoms with E-state index in [1.165, 1.54) is 0 Å². The van der Waals surface area contributed by atoms with Gasteiger partial charge in [0.2, 0.25) is 0 Å². The van der Waals surface area contributed by atoms with Crippen LogP contribution >= 0.6 is 0 Å². The van der Waals surface area contributed by atoms with Crippen LogP contribution in [-0.2, 0) is 12.4 Å². The number of alkyl halides is 6. The van der Waals surface area contributed by atoms with E-state index in [4.69, 9.17) is 5.73 Å². The number of halogens is 6. The molecule has 4 rings (SSSR count). The summed E-state index contributed by atoms with van der Waals surface area (Å²) in [7, 11) is 0. The average Bonchev–Trinajstić information content (AvgIpc) is 2.78. The van der Waals surface area contributed by atoms with Crippen molar-refractivity contribution >= 4 is 5.82 Å². The Kier molecular flexibility index (Phi) is 5.57. The van der Waals surface area contributed by atoms with Gasteiger partial charge in [0.25, 0.3) is 0 Å². The Morgan fingerprint density at radius 3 is 1.73 bits per heavy atom. The zero-order chi connectivity index (χ0) is 23.8. The third-order valence-electron chi connectivity index (χ3n) is 4.94. The van der Waals surface area contributed by atoms with E-state index in [2.05, 4.69) is 9.97 Å². The lowest BCUT2D eigenvalue weighted by atomic mass is 10.0. The molecule has 0 amide bonds. The molecule has 0 atom stereocenters. The Hall–Kier alpha value is -3.88. The van der Waals surface area contributed by atoms with Gasteiger partial charge in [-0.3, -0.25) is 0 Å². The minimum absolute atomic E-state index is 0.0324. The van der Waals surface area contributed by atoms with Gasteiger partial charge in [0.15, 0.2) is 0 Å². The Bertz CT molecular complexity index is 1280. The highest BCUT2D eigenvalue weighted by molar-refractivity contribution is 5.73. The summed E-state index contributed by atoms with van der Waals surface area (Å²) in [5.74, 6) is 0.329. The number of benzene rings is 2. The summed E-state index contributed by atoms with van der Waals surface area (Å²) in [6.07, 6.45) is -7.68. The van der Waals surface area contributed by atoms with Gasteiger partial charge in [0, 0.05) is 22.9 Å². The first-order valence-corrected chi connectivity index (χ1v) is 9.60. The predicted octanol–water partition coefficient (Wildman–Crippen LogP) is 7.10. The van der Waals surface area contributed by atoms with Crippen molar-refractivity contribution in [2.24, 2.45) is 0 Å². The fourth-order valence-corrected chi connectivity index (χ4v) is 3.25. The monoisotopic (exact) mass is 459 g/mol. The van der Waals surface area contributed by atoms with Gasteiger partial charge in [-0.05, 0) is 48.0 Å². The summed E-state index contributed by atoms with van der Waals surface area (Å²) in [5.41, 5.74) is 5.62. The third kappa shape index (κ3) is 4.97. The summed E-state index contributed by atoms with van der Waals surface area (Å²) >= 11 is 0. The van der Waals surface area contributed by atoms with Gasteiger partial charge in [-0.15, -0.1) is 0 Å². The molecule has 9 heteroatoms. The summed E-state index contributed by atoms with van der Waals surface area (Å²) < 4.78 is 79.3. The number of rotatable bonds is 3. The molecule has 0 aliphatic rings. The quantitative estimate of drug-likeness (QED) is 0.333. The van der Waals surface area contributed by atoms with E-state index >= 15 is 0 Å². The van der Waals surface area contributed by atoms with Crippen molar-refractivity contribution in [1.29, 1.82) is 0 Å². The van der Waals surface area contributed by atoms with Crippen LogP contribution in [0.1, 0.15) is 11.1 Å². The maximum absolute atomic E-state index is 13.6. The lowest BCUT2D eigenvalue weighted by Gasteiger charge is -2.13. The highest BCUT2D eigenvalue weighted by Crippen LogP contribution is 2.36. The molecule has 0 bridgehead atoms. The van der Waals surface area contributed by atoms with Crippen LogP contribution in [0.2, 0.25) is 0 Å². The number of nitrogen functional groups attached to an aromatic ring is 1. The summed E-state index contributed by atoms with van der Waals surface area (Å²) in [5, 5.41) is 0. The molecule has 0 radical (unpaired) electrons. The van der Waals surface area contributed by atoms with Crippen LogP contribution in [0.4, 0.5) is 32.2 Å². The van der Waals surface area contributed by atoms with E-state index in [0.717, 1.165) is 36.4 Å². The third-order valence-corrected chi connectivity index (χ3v) is 4.94. The second-order valence-corrected chi connectivity index (χ2v) is 7.25. The summed E-state index contributed by atoms with van der Waals surface area (Å²) in [6, 6.07) is 15.6. The van der Waals surface area contributed by atoms with Crippen molar-refractivity contribution in [2.45, 2.75) is 12.4 Å². The molecule has 33 heavy (non-hydrogen) atoms. The van der Waals surface area contributed by atoms with Crippen molar-refractivity contribution in [3.8, 4) is 33.6 Å². The average molecular weight is 459 g/mol. The van der Waals surface area contributed by atoms with Crippen molar-refractivity contribution in [1.82, 2.24) is 9.97 Å². The van der Waals surface area contributed by atoms with Crippen molar-refractivity contribution in [3.05, 3.63) is 90.1 Å². The highest BCUT2D eigenvalue weighted by atomic mass is 19.4. The second kappa shape index (κ2) is 8.23. The molecule has 0 spiro atoms. The molecule has 2 heterocycles. The fraction of sp³-hybridized carbons (Fsp3) is 0.0833. The molecule has 2 aromatic heterocycles. The van der Waals surface area contributed by atoms with Crippen LogP contribution in [0, 0.1) is 0 Å². The molecule has 0 unspecified atom stereocenters. The molecule has 2 N–H and O–H groups in total. The van der Waals surface area contributed by atoms with Crippen LogP contribution in [-0.4, -0.2) is 9.97 Å². The van der Waals surface area contributed by atoms with Crippen molar-refractivity contribution in [3.63, 3.8) is 0 Å². The maximum atomic E-state index is 13.6. The first kappa shape index (κ1) is 22.3. The van der Waals surface area contributed by atoms with Gasteiger partial charge in [-0.2, -0.15) is 26.3 Å². The van der Waals surface area contributed by atoms with Gasteiger partial charge in [0.1, 0.15) is 5.82 Å². The first-order chi connectivity index (χ1) is 15.5. The SMILES string of the molecule is Nc1ccc(-c2cccc(-c3cc(C(F)(F)F)cc(-c4ccc(C(F)(F)F)cc4)n3)c2)cn1. The molecule has 0 fully saturated rings. The van der Waals surface area contributed by atoms with Crippen LogP contribution in [0.25, 0.3) is 33.6 Å². The van der Waals surface area contributed by atoms with Gasteiger partial charge >= 0.3 is 12.4 Å². The number of nitrogens with two attached hydrogens (primary N) is 1. The molecule has 0 saturated heterocycles. The largest absolute Gasteiger partial charge is 0.416 e. The van der Waals surface area contributed by atoms with Crippen LogP contribution < -0.4 is 5.73 Å². The van der Waals surface area contributed by atoms with Crippen molar-refractivity contribution in [2.75, 3.05) is 5.73 Å². The van der Waals surface area contributed by atoms with E-state index in [0.29, 0.717) is 22.5 Å². The normalized spacial score (nSPS) is 12.1. The zero-order valence-electron chi connectivity index (χ0n) is 16.7. The number of pyridine rings is 2. The van der Waals surface area contributed by atoms with Gasteiger partial charge < -0.3 is 5.73 Å². The zero-order valence-corrected chi connectivity index (χ0v) is 16.7. The Morgan fingerprint density at radius 2 is 1.15 bits per heavy atom. The highest BCUT2D eigenvalue weighted by Gasteiger charge is 2.32. The van der Waals surface area contributed by atoms with Crippen LogP contribution in [0.15, 0.2) is 79.0 Å². The molecule has 2 aromatic carbocycles. The molecule has 0 aliphatic heterocycles. The predicted molar refractivity (Wildman–Crippen MR) is 113 cm³/mol. The van der Waals surface area contributed by atoms with Crippen LogP contribution in [0.3, 0.4) is 0 Å². The summed E-state index contributed by atoms with van der Waals surface area (Å²) in [6.45, 7) is 0. The molecular formula is C24H15F6N3. The maximum Gasteiger partial charge on any atom is 0.416 e. The van der Waals surface area contributed by atoms with E-state index in [-0.39, 0.29) is 17.0 Å². The fourth-order valence-electron chi connectivity index (χ4n) is 3.25. The molecule has 168 valence electrons. The first-order valence-electron chi connectivity index (χ1n) is 9.60. The lowest BCUT2D eigenvalue weighted by Crippen LogP contribution is -2.07. The van der Waals surface area contributed by atoms with E-state index < -0.39 is 23.5 Å². The van der Waals surface area contributed by atoms with Crippen molar-refractivity contribution < 1.29 is 26.3 Å².